The average Bonchev–Trinajstić information content (AvgIpc) is 2.46. The van der Waals surface area contributed by atoms with Gasteiger partial charge in [-0.2, -0.15) is 0 Å². The molecule has 0 fully saturated rings. The Balaban J connectivity index is 2.56. The number of aldehydes is 1. The minimum atomic E-state index is -1.96. The highest BCUT2D eigenvalue weighted by Gasteiger charge is 2.32. The van der Waals surface area contributed by atoms with Gasteiger partial charge < -0.3 is 10.2 Å². The van der Waals surface area contributed by atoms with Crippen LogP contribution in [-0.4, -0.2) is 21.4 Å². The number of carbonyl (C=O) groups is 1. The van der Waals surface area contributed by atoms with Crippen LogP contribution in [-0.2, 0) is 10.4 Å². The van der Waals surface area contributed by atoms with Gasteiger partial charge in [0.15, 0.2) is 17.6 Å². The summed E-state index contributed by atoms with van der Waals surface area (Å²) < 4.78 is 0. The van der Waals surface area contributed by atoms with E-state index in [0.717, 1.165) is 12.1 Å². The third-order valence-corrected chi connectivity index (χ3v) is 3.00. The van der Waals surface area contributed by atoms with Crippen LogP contribution in [0.5, 0.6) is 5.75 Å². The molecule has 0 saturated heterocycles. The molecule has 0 aliphatic rings. The van der Waals surface area contributed by atoms with Crippen molar-refractivity contribution in [1.29, 1.82) is 0 Å². The number of nitrogens with zero attached hydrogens (tertiary/aromatic N) is 1. The molecular formula is C14H11NO5. The molecule has 2 N–H and O–H groups in total. The van der Waals surface area contributed by atoms with Gasteiger partial charge in [-0.1, -0.05) is 30.3 Å². The molecule has 1 unspecified atom stereocenters. The Labute approximate surface area is 114 Å². The first kappa shape index (κ1) is 13.7. The van der Waals surface area contributed by atoms with E-state index in [0.29, 0.717) is 11.8 Å². The summed E-state index contributed by atoms with van der Waals surface area (Å²) in [5.74, 6) is -0.608. The van der Waals surface area contributed by atoms with Crippen molar-refractivity contribution >= 4 is 12.0 Å². The molecule has 0 heterocycles. The summed E-state index contributed by atoms with van der Waals surface area (Å²) in [7, 11) is 0. The topological polar surface area (TPSA) is 101 Å². The van der Waals surface area contributed by atoms with Crippen molar-refractivity contribution in [3.8, 4) is 5.75 Å². The Kier molecular flexibility index (Phi) is 3.49. The minimum Gasteiger partial charge on any atom is -0.502 e. The van der Waals surface area contributed by atoms with E-state index in [1.165, 1.54) is 6.07 Å². The van der Waals surface area contributed by atoms with Crippen molar-refractivity contribution < 1.29 is 19.9 Å². The second-order valence-electron chi connectivity index (χ2n) is 4.21. The van der Waals surface area contributed by atoms with Gasteiger partial charge in [0.05, 0.1) is 4.92 Å². The summed E-state index contributed by atoms with van der Waals surface area (Å²) >= 11 is 0. The molecular weight excluding hydrogens is 262 g/mol. The van der Waals surface area contributed by atoms with Gasteiger partial charge >= 0.3 is 5.69 Å². The number of hydrogen-bond acceptors (Lipinski definition) is 5. The number of phenols is 1. The molecule has 2 rings (SSSR count). The third kappa shape index (κ3) is 2.24. The number of phenolic OH excluding ortho intramolecular Hbond substituents is 1. The lowest BCUT2D eigenvalue weighted by Crippen LogP contribution is -2.28. The zero-order valence-corrected chi connectivity index (χ0v) is 10.3. The van der Waals surface area contributed by atoms with E-state index in [2.05, 4.69) is 0 Å². The highest BCUT2D eigenvalue weighted by molar-refractivity contribution is 5.73. The maximum Gasteiger partial charge on any atom is 0.310 e. The molecule has 2 aromatic carbocycles. The standard InChI is InChI=1S/C14H11NO5/c16-9-14(18,10-4-2-1-3-5-10)11-6-7-12(15(19)20)13(17)8-11/h1-9,17-18H. The Morgan fingerprint density at radius 1 is 1.10 bits per heavy atom. The van der Waals surface area contributed by atoms with Crippen LogP contribution < -0.4 is 0 Å². The predicted molar refractivity (Wildman–Crippen MR) is 70.3 cm³/mol. The van der Waals surface area contributed by atoms with Gasteiger partial charge in [0.1, 0.15) is 0 Å². The number of nitro benzene ring substituents is 1. The Morgan fingerprint density at radius 2 is 1.75 bits per heavy atom. The normalized spacial score (nSPS) is 13.4. The highest BCUT2D eigenvalue weighted by Crippen LogP contribution is 2.33. The lowest BCUT2D eigenvalue weighted by Gasteiger charge is -2.22. The van der Waals surface area contributed by atoms with Crippen molar-refractivity contribution in [1.82, 2.24) is 0 Å². The molecule has 6 heteroatoms. The summed E-state index contributed by atoms with van der Waals surface area (Å²) in [5, 5.41) is 30.7. The van der Waals surface area contributed by atoms with Crippen molar-refractivity contribution in [3.05, 3.63) is 69.8 Å². The second kappa shape index (κ2) is 5.10. The number of rotatable bonds is 4. The van der Waals surface area contributed by atoms with Crippen LogP contribution in [0.2, 0.25) is 0 Å². The largest absolute Gasteiger partial charge is 0.502 e. The van der Waals surface area contributed by atoms with Crippen molar-refractivity contribution in [2.45, 2.75) is 5.60 Å². The van der Waals surface area contributed by atoms with Crippen LogP contribution in [0.3, 0.4) is 0 Å². The maximum absolute atomic E-state index is 11.3. The summed E-state index contributed by atoms with van der Waals surface area (Å²) in [4.78, 5) is 21.2. The van der Waals surface area contributed by atoms with Crippen LogP contribution >= 0.6 is 0 Å². The summed E-state index contributed by atoms with van der Waals surface area (Å²) in [6, 6.07) is 11.4. The van der Waals surface area contributed by atoms with Crippen LogP contribution in [0.15, 0.2) is 48.5 Å². The Bertz CT molecular complexity index is 656. The van der Waals surface area contributed by atoms with Gasteiger partial charge in [-0.05, 0) is 23.3 Å². The monoisotopic (exact) mass is 273 g/mol. The molecule has 0 radical (unpaired) electrons. The van der Waals surface area contributed by atoms with Gasteiger partial charge in [-0.15, -0.1) is 0 Å². The molecule has 0 amide bonds. The fourth-order valence-corrected chi connectivity index (χ4v) is 1.91. The van der Waals surface area contributed by atoms with E-state index in [9.17, 15) is 25.1 Å². The molecule has 0 spiro atoms. The third-order valence-electron chi connectivity index (χ3n) is 3.00. The second-order valence-corrected chi connectivity index (χ2v) is 4.21. The Morgan fingerprint density at radius 3 is 2.25 bits per heavy atom. The molecule has 20 heavy (non-hydrogen) atoms. The van der Waals surface area contributed by atoms with Crippen LogP contribution in [0.4, 0.5) is 5.69 Å². The first-order valence-corrected chi connectivity index (χ1v) is 5.71. The van der Waals surface area contributed by atoms with Crippen molar-refractivity contribution in [2.75, 3.05) is 0 Å². The number of benzene rings is 2. The first-order valence-electron chi connectivity index (χ1n) is 5.71. The van der Waals surface area contributed by atoms with E-state index in [-0.39, 0.29) is 5.56 Å². The minimum absolute atomic E-state index is 0.0572. The van der Waals surface area contributed by atoms with Crippen molar-refractivity contribution in [2.24, 2.45) is 0 Å². The molecule has 0 aromatic heterocycles. The zero-order chi connectivity index (χ0) is 14.8. The molecule has 2 aromatic rings. The van der Waals surface area contributed by atoms with Crippen molar-refractivity contribution in [3.63, 3.8) is 0 Å². The van der Waals surface area contributed by atoms with Crippen LogP contribution in [0, 0.1) is 10.1 Å². The fourth-order valence-electron chi connectivity index (χ4n) is 1.91. The summed E-state index contributed by atoms with van der Waals surface area (Å²) in [6.07, 6.45) is 0.322. The van der Waals surface area contributed by atoms with Crippen LogP contribution in [0.25, 0.3) is 0 Å². The quantitative estimate of drug-likeness (QED) is 0.502. The number of nitro groups is 1. The highest BCUT2D eigenvalue weighted by atomic mass is 16.6. The average molecular weight is 273 g/mol. The lowest BCUT2D eigenvalue weighted by atomic mass is 9.87. The SMILES string of the molecule is O=CC(O)(c1ccccc1)c1ccc([N+](=O)[O-])c(O)c1. The number of aliphatic hydroxyl groups is 1. The fraction of sp³-hybridized carbons (Fsp3) is 0.0714. The molecule has 1 atom stereocenters. The predicted octanol–water partition coefficient (Wildman–Crippen LogP) is 1.74. The smallest absolute Gasteiger partial charge is 0.310 e. The van der Waals surface area contributed by atoms with Gasteiger partial charge in [-0.25, -0.2) is 0 Å². The lowest BCUT2D eigenvalue weighted by molar-refractivity contribution is -0.385. The zero-order valence-electron chi connectivity index (χ0n) is 10.3. The number of aromatic hydroxyl groups is 1. The van der Waals surface area contributed by atoms with Gasteiger partial charge in [0, 0.05) is 6.07 Å². The van der Waals surface area contributed by atoms with E-state index < -0.39 is 22.0 Å². The van der Waals surface area contributed by atoms with E-state index in [1.54, 1.807) is 30.3 Å². The van der Waals surface area contributed by atoms with E-state index in [1.807, 2.05) is 0 Å². The summed E-state index contributed by atoms with van der Waals surface area (Å²) in [5.41, 5.74) is -2.09. The number of carbonyl (C=O) groups excluding carboxylic acids is 1. The Hall–Kier alpha value is -2.73. The van der Waals surface area contributed by atoms with Gasteiger partial charge in [0.25, 0.3) is 0 Å². The first-order chi connectivity index (χ1) is 9.49. The van der Waals surface area contributed by atoms with E-state index in [4.69, 9.17) is 0 Å². The molecule has 0 aliphatic carbocycles. The van der Waals surface area contributed by atoms with Gasteiger partial charge in [-0.3, -0.25) is 14.9 Å². The van der Waals surface area contributed by atoms with Gasteiger partial charge in [0.2, 0.25) is 0 Å². The summed E-state index contributed by atoms with van der Waals surface area (Å²) in [6.45, 7) is 0. The molecule has 0 bridgehead atoms. The van der Waals surface area contributed by atoms with Crippen LogP contribution in [0.1, 0.15) is 11.1 Å². The molecule has 0 saturated carbocycles. The molecule has 102 valence electrons. The molecule has 0 aliphatic heterocycles. The van der Waals surface area contributed by atoms with E-state index >= 15 is 0 Å². The number of hydrogen-bond donors (Lipinski definition) is 2. The maximum atomic E-state index is 11.3. The molecule has 6 nitrogen and oxygen atoms in total.